The number of methoxy groups -OCH3 is 2. The third kappa shape index (κ3) is 3.99. The minimum atomic E-state index is -0.579. The van der Waals surface area contributed by atoms with Gasteiger partial charge in [0.2, 0.25) is 5.78 Å². The molecule has 3 aromatic carbocycles. The van der Waals surface area contributed by atoms with Gasteiger partial charge in [-0.25, -0.2) is 4.79 Å². The van der Waals surface area contributed by atoms with Crippen molar-refractivity contribution in [2.75, 3.05) is 20.8 Å². The van der Waals surface area contributed by atoms with Crippen LogP contribution in [-0.4, -0.2) is 32.6 Å². The van der Waals surface area contributed by atoms with E-state index in [0.29, 0.717) is 35.0 Å². The highest BCUT2D eigenvalue weighted by molar-refractivity contribution is 6.12. The lowest BCUT2D eigenvalue weighted by atomic mass is 10.1. The fraction of sp³-hybridized carbons (Fsp3) is 0.111. The van der Waals surface area contributed by atoms with Gasteiger partial charge >= 0.3 is 5.97 Å². The molecule has 0 atom stereocenters. The van der Waals surface area contributed by atoms with Crippen LogP contribution in [0.5, 0.6) is 28.7 Å². The molecule has 0 spiro atoms. The summed E-state index contributed by atoms with van der Waals surface area (Å²) in [5.41, 5.74) is 2.44. The molecule has 170 valence electrons. The SMILES string of the molecule is COc1ccc(C(=O)Oc2ccc3c(c2)O/C(=C\C2=Cc4ccccc4OC2)C3=O)cc1OC. The zero-order chi connectivity index (χ0) is 23.7. The van der Waals surface area contributed by atoms with Crippen molar-refractivity contribution in [3.63, 3.8) is 0 Å². The maximum atomic E-state index is 12.8. The molecular formula is C27H20O7. The average Bonchev–Trinajstić information content (AvgIpc) is 3.17. The van der Waals surface area contributed by atoms with Gasteiger partial charge in [0.05, 0.1) is 25.3 Å². The average molecular weight is 456 g/mol. The Bertz CT molecular complexity index is 1370. The number of carbonyl (C=O) groups is 2. The molecule has 2 aliphatic heterocycles. The lowest BCUT2D eigenvalue weighted by molar-refractivity contribution is 0.0734. The molecule has 2 aliphatic rings. The summed E-state index contributed by atoms with van der Waals surface area (Å²) in [6, 6.07) is 17.1. The first-order valence-corrected chi connectivity index (χ1v) is 10.5. The van der Waals surface area contributed by atoms with Crippen LogP contribution in [0.25, 0.3) is 6.08 Å². The smallest absolute Gasteiger partial charge is 0.343 e. The van der Waals surface area contributed by atoms with E-state index in [1.165, 1.54) is 26.4 Å². The van der Waals surface area contributed by atoms with Gasteiger partial charge in [-0.15, -0.1) is 0 Å². The minimum Gasteiger partial charge on any atom is -0.493 e. The predicted molar refractivity (Wildman–Crippen MR) is 124 cm³/mol. The lowest BCUT2D eigenvalue weighted by Gasteiger charge is -2.15. The second-order valence-corrected chi connectivity index (χ2v) is 7.60. The second kappa shape index (κ2) is 8.78. The molecule has 0 bridgehead atoms. The first-order chi connectivity index (χ1) is 16.6. The summed E-state index contributed by atoms with van der Waals surface area (Å²) in [6.07, 6.45) is 3.63. The first-order valence-electron chi connectivity index (χ1n) is 10.5. The van der Waals surface area contributed by atoms with Crippen LogP contribution < -0.4 is 23.7 Å². The molecule has 2 heterocycles. The molecular weight excluding hydrogens is 436 g/mol. The molecule has 34 heavy (non-hydrogen) atoms. The second-order valence-electron chi connectivity index (χ2n) is 7.60. The summed E-state index contributed by atoms with van der Waals surface area (Å²) in [7, 11) is 3.00. The zero-order valence-electron chi connectivity index (χ0n) is 18.5. The summed E-state index contributed by atoms with van der Waals surface area (Å²) in [4.78, 5) is 25.4. The summed E-state index contributed by atoms with van der Waals surface area (Å²) in [5, 5.41) is 0. The van der Waals surface area contributed by atoms with E-state index < -0.39 is 5.97 Å². The van der Waals surface area contributed by atoms with Gasteiger partial charge in [0.15, 0.2) is 17.3 Å². The number of ether oxygens (including phenoxy) is 5. The molecule has 7 nitrogen and oxygen atoms in total. The van der Waals surface area contributed by atoms with Gasteiger partial charge in [-0.05, 0) is 54.1 Å². The zero-order valence-corrected chi connectivity index (χ0v) is 18.5. The number of allylic oxidation sites excluding steroid dienone is 1. The number of benzene rings is 3. The molecule has 0 saturated carbocycles. The van der Waals surface area contributed by atoms with Crippen LogP contribution >= 0.6 is 0 Å². The van der Waals surface area contributed by atoms with E-state index in [1.807, 2.05) is 30.3 Å². The molecule has 0 unspecified atom stereocenters. The molecule has 5 rings (SSSR count). The quantitative estimate of drug-likeness (QED) is 0.308. The van der Waals surface area contributed by atoms with E-state index >= 15 is 0 Å². The normalized spacial score (nSPS) is 14.9. The van der Waals surface area contributed by atoms with Crippen molar-refractivity contribution in [3.05, 3.63) is 94.8 Å². The number of rotatable bonds is 5. The van der Waals surface area contributed by atoms with Gasteiger partial charge in [-0.1, -0.05) is 18.2 Å². The fourth-order valence-electron chi connectivity index (χ4n) is 3.75. The van der Waals surface area contributed by atoms with Crippen LogP contribution in [0.3, 0.4) is 0 Å². The van der Waals surface area contributed by atoms with Crippen molar-refractivity contribution >= 4 is 17.8 Å². The highest BCUT2D eigenvalue weighted by atomic mass is 16.5. The Balaban J connectivity index is 1.34. The van der Waals surface area contributed by atoms with Crippen LogP contribution in [0.2, 0.25) is 0 Å². The fourth-order valence-corrected chi connectivity index (χ4v) is 3.75. The standard InChI is InChI=1S/C27H20O7/c1-30-22-10-7-18(13-24(22)31-2)27(29)33-19-8-9-20-23(14-19)34-25(26(20)28)12-16-11-17-5-3-4-6-21(17)32-15-16/h3-14H,15H2,1-2H3/b25-12-. The number of hydrogen-bond donors (Lipinski definition) is 0. The van der Waals surface area contributed by atoms with E-state index in [1.54, 1.807) is 30.3 Å². The van der Waals surface area contributed by atoms with Gasteiger partial charge in [-0.2, -0.15) is 0 Å². The van der Waals surface area contributed by atoms with E-state index in [0.717, 1.165) is 16.9 Å². The van der Waals surface area contributed by atoms with Gasteiger partial charge in [-0.3, -0.25) is 4.79 Å². The highest BCUT2D eigenvalue weighted by Gasteiger charge is 2.29. The Morgan fingerprint density at radius 3 is 2.59 bits per heavy atom. The monoisotopic (exact) mass is 456 g/mol. The van der Waals surface area contributed by atoms with Crippen molar-refractivity contribution in [3.8, 4) is 28.7 Å². The lowest BCUT2D eigenvalue weighted by Crippen LogP contribution is -2.09. The van der Waals surface area contributed by atoms with Crippen LogP contribution in [0, 0.1) is 0 Å². The molecule has 0 amide bonds. The Kier molecular flexibility index (Phi) is 5.51. The molecule has 7 heteroatoms. The third-order valence-electron chi connectivity index (χ3n) is 5.44. The van der Waals surface area contributed by atoms with E-state index in [2.05, 4.69) is 0 Å². The molecule has 0 aromatic heterocycles. The van der Waals surface area contributed by atoms with E-state index in [9.17, 15) is 9.59 Å². The number of Topliss-reactive ketones (excluding diaryl/α,β-unsaturated/α-hetero) is 1. The van der Waals surface area contributed by atoms with Crippen molar-refractivity contribution in [2.45, 2.75) is 0 Å². The van der Waals surface area contributed by atoms with Gasteiger partial charge in [0, 0.05) is 11.6 Å². The Labute approximate surface area is 195 Å². The van der Waals surface area contributed by atoms with Crippen LogP contribution in [-0.2, 0) is 0 Å². The maximum Gasteiger partial charge on any atom is 0.343 e. The summed E-state index contributed by atoms with van der Waals surface area (Å²) in [6.45, 7) is 0.335. The molecule has 0 N–H and O–H groups in total. The largest absolute Gasteiger partial charge is 0.493 e. The number of fused-ring (bicyclic) bond motifs is 2. The van der Waals surface area contributed by atoms with Crippen molar-refractivity contribution in [2.24, 2.45) is 0 Å². The van der Waals surface area contributed by atoms with E-state index in [4.69, 9.17) is 23.7 Å². The molecule has 0 saturated heterocycles. The van der Waals surface area contributed by atoms with Crippen molar-refractivity contribution in [1.29, 1.82) is 0 Å². The number of hydrogen-bond acceptors (Lipinski definition) is 7. The molecule has 0 fully saturated rings. The Hall–Kier alpha value is -4.52. The summed E-state index contributed by atoms with van der Waals surface area (Å²) < 4.78 is 27.4. The molecule has 0 radical (unpaired) electrons. The Morgan fingerprint density at radius 2 is 1.76 bits per heavy atom. The number of para-hydroxylation sites is 1. The van der Waals surface area contributed by atoms with Crippen molar-refractivity contribution < 1.29 is 33.3 Å². The number of esters is 1. The van der Waals surface area contributed by atoms with Crippen LogP contribution in [0.4, 0.5) is 0 Å². The maximum absolute atomic E-state index is 12.8. The molecule has 3 aromatic rings. The van der Waals surface area contributed by atoms with Gasteiger partial charge < -0.3 is 23.7 Å². The predicted octanol–water partition coefficient (Wildman–Crippen LogP) is 4.86. The number of ketones is 1. The van der Waals surface area contributed by atoms with Gasteiger partial charge in [0.1, 0.15) is 23.9 Å². The summed E-state index contributed by atoms with van der Waals surface area (Å²) >= 11 is 0. The third-order valence-corrected chi connectivity index (χ3v) is 5.44. The molecule has 0 aliphatic carbocycles. The minimum absolute atomic E-state index is 0.188. The van der Waals surface area contributed by atoms with Crippen LogP contribution in [0.1, 0.15) is 26.3 Å². The Morgan fingerprint density at radius 1 is 0.941 bits per heavy atom. The van der Waals surface area contributed by atoms with Gasteiger partial charge in [0.25, 0.3) is 0 Å². The highest BCUT2D eigenvalue weighted by Crippen LogP contribution is 2.36. The van der Waals surface area contributed by atoms with Crippen molar-refractivity contribution in [1.82, 2.24) is 0 Å². The van der Waals surface area contributed by atoms with Crippen LogP contribution in [0.15, 0.2) is 78.1 Å². The first kappa shape index (κ1) is 21.3. The summed E-state index contributed by atoms with van der Waals surface area (Å²) in [5.74, 6) is 1.66. The number of carbonyl (C=O) groups excluding carboxylic acids is 2. The van der Waals surface area contributed by atoms with E-state index in [-0.39, 0.29) is 17.3 Å². The topological polar surface area (TPSA) is 80.3 Å².